The summed E-state index contributed by atoms with van der Waals surface area (Å²) in [6.07, 6.45) is 2.42. The van der Waals surface area contributed by atoms with Gasteiger partial charge >= 0.3 is 5.69 Å². The van der Waals surface area contributed by atoms with Crippen molar-refractivity contribution in [2.24, 2.45) is 7.05 Å². The van der Waals surface area contributed by atoms with Gasteiger partial charge in [-0.3, -0.25) is 14.4 Å². The van der Waals surface area contributed by atoms with E-state index in [9.17, 15) is 10.1 Å². The second-order valence-corrected chi connectivity index (χ2v) is 11.8. The molecular weight excluding hydrogens is 514 g/mol. The molecule has 0 bridgehead atoms. The number of hydrogen-bond acceptors (Lipinski definition) is 8. The first-order valence-electron chi connectivity index (χ1n) is 15.0. The summed E-state index contributed by atoms with van der Waals surface area (Å²) in [6, 6.07) is 15.4. The van der Waals surface area contributed by atoms with Crippen molar-refractivity contribution < 1.29 is 4.74 Å². The molecule has 2 aromatic heterocycles. The number of anilines is 1. The van der Waals surface area contributed by atoms with Gasteiger partial charge in [0.1, 0.15) is 17.3 Å². The number of hydrogen-bond donors (Lipinski definition) is 0. The van der Waals surface area contributed by atoms with Crippen LogP contribution in [0.2, 0.25) is 0 Å². The Morgan fingerprint density at radius 1 is 0.976 bits per heavy atom. The van der Waals surface area contributed by atoms with E-state index in [1.165, 1.54) is 15.7 Å². The van der Waals surface area contributed by atoms with Gasteiger partial charge in [-0.1, -0.05) is 38.1 Å². The van der Waals surface area contributed by atoms with Crippen LogP contribution in [0.3, 0.4) is 0 Å². The second-order valence-electron chi connectivity index (χ2n) is 11.8. The van der Waals surface area contributed by atoms with Crippen LogP contribution in [0.25, 0.3) is 11.0 Å². The normalized spacial score (nSPS) is 24.9. The minimum atomic E-state index is -0.307. The van der Waals surface area contributed by atoms with E-state index in [4.69, 9.17) is 4.74 Å². The molecule has 0 spiro atoms. The van der Waals surface area contributed by atoms with Crippen molar-refractivity contribution in [2.45, 2.75) is 84.3 Å². The molecule has 9 heteroatoms. The van der Waals surface area contributed by atoms with E-state index in [0.29, 0.717) is 22.5 Å². The molecule has 3 aromatic rings. The summed E-state index contributed by atoms with van der Waals surface area (Å²) in [5, 5.41) is 9.50. The third-order valence-corrected chi connectivity index (χ3v) is 8.86. The lowest BCUT2D eigenvalue weighted by Crippen LogP contribution is -2.59. The molecule has 0 amide bonds. The van der Waals surface area contributed by atoms with Crippen molar-refractivity contribution in [1.29, 1.82) is 5.26 Å². The monoisotopic (exact) mass is 557 g/mol. The van der Waals surface area contributed by atoms with Gasteiger partial charge in [0.25, 0.3) is 0 Å². The maximum Gasteiger partial charge on any atom is 0.349 e. The fourth-order valence-corrected chi connectivity index (χ4v) is 6.65. The van der Waals surface area contributed by atoms with Crippen molar-refractivity contribution >= 4 is 16.9 Å². The lowest BCUT2D eigenvalue weighted by molar-refractivity contribution is -0.0704. The Kier molecular flexibility index (Phi) is 8.74. The quantitative estimate of drug-likeness (QED) is 0.426. The van der Waals surface area contributed by atoms with Gasteiger partial charge in [-0.05, 0) is 56.9 Å². The highest BCUT2D eigenvalue weighted by atomic mass is 16.5. The van der Waals surface area contributed by atoms with Crippen molar-refractivity contribution in [3.05, 3.63) is 63.7 Å². The lowest BCUT2D eigenvalue weighted by atomic mass is 9.96. The predicted molar refractivity (Wildman–Crippen MR) is 162 cm³/mol. The van der Waals surface area contributed by atoms with Crippen molar-refractivity contribution in [2.75, 3.05) is 31.1 Å². The van der Waals surface area contributed by atoms with E-state index in [1.807, 2.05) is 0 Å². The number of benzene rings is 1. The molecule has 1 aromatic carbocycles. The molecule has 4 unspecified atom stereocenters. The molecule has 9 nitrogen and oxygen atoms in total. The predicted octanol–water partition coefficient (Wildman–Crippen LogP) is 4.25. The molecule has 0 aliphatic carbocycles. The van der Waals surface area contributed by atoms with Crippen molar-refractivity contribution in [1.82, 2.24) is 24.3 Å². The first-order chi connectivity index (χ1) is 19.7. The maximum atomic E-state index is 12.9. The Morgan fingerprint density at radius 3 is 2.29 bits per heavy atom. The summed E-state index contributed by atoms with van der Waals surface area (Å²) in [4.78, 5) is 29.3. The number of nitriles is 1. The van der Waals surface area contributed by atoms with E-state index >= 15 is 0 Å². The highest BCUT2D eigenvalue weighted by molar-refractivity contribution is 5.86. The number of aryl methyl sites for hydroxylation is 1. The zero-order valence-electron chi connectivity index (χ0n) is 25.2. The van der Waals surface area contributed by atoms with Gasteiger partial charge in [-0.2, -0.15) is 10.2 Å². The molecule has 218 valence electrons. The number of rotatable bonds is 7. The van der Waals surface area contributed by atoms with E-state index < -0.39 is 0 Å². The van der Waals surface area contributed by atoms with Crippen molar-refractivity contribution in [3.8, 4) is 6.07 Å². The van der Waals surface area contributed by atoms with E-state index in [-0.39, 0.29) is 36.0 Å². The molecule has 2 saturated heterocycles. The third kappa shape index (κ3) is 6.01. The average molecular weight is 558 g/mol. The smallest absolute Gasteiger partial charge is 0.349 e. The SMILES string of the molecule is CCC1CN(C(C)c2ccc(CN3CC(C)OC(C)C3)cc2)[C@H](CC)CN1c1nc(=O)n(C)c2ccc(C#N)nc12. The molecule has 2 fully saturated rings. The van der Waals surface area contributed by atoms with Crippen LogP contribution in [0.1, 0.15) is 70.3 Å². The topological polar surface area (TPSA) is 90.5 Å². The fourth-order valence-electron chi connectivity index (χ4n) is 6.65. The fraction of sp³-hybridized carbons (Fsp3) is 0.562. The van der Waals surface area contributed by atoms with Crippen LogP contribution >= 0.6 is 0 Å². The third-order valence-electron chi connectivity index (χ3n) is 8.86. The summed E-state index contributed by atoms with van der Waals surface area (Å²) < 4.78 is 7.41. The molecule has 2 aliphatic rings. The zero-order valence-corrected chi connectivity index (χ0v) is 25.2. The molecule has 5 rings (SSSR count). The number of pyridine rings is 1. The zero-order chi connectivity index (χ0) is 29.3. The van der Waals surface area contributed by atoms with Gasteiger partial charge in [0, 0.05) is 57.9 Å². The van der Waals surface area contributed by atoms with E-state index in [2.05, 4.69) is 89.6 Å². The highest BCUT2D eigenvalue weighted by Crippen LogP contribution is 2.33. The van der Waals surface area contributed by atoms with Crippen LogP contribution in [-0.2, 0) is 18.3 Å². The molecule has 5 atom stereocenters. The van der Waals surface area contributed by atoms with Crippen LogP contribution in [0, 0.1) is 11.3 Å². The van der Waals surface area contributed by atoms with Crippen molar-refractivity contribution in [3.63, 3.8) is 0 Å². The lowest BCUT2D eigenvalue weighted by Gasteiger charge is -2.49. The van der Waals surface area contributed by atoms with Gasteiger partial charge in [-0.25, -0.2) is 9.78 Å². The highest BCUT2D eigenvalue weighted by Gasteiger charge is 2.37. The maximum absolute atomic E-state index is 12.9. The summed E-state index contributed by atoms with van der Waals surface area (Å²) in [5.74, 6) is 0.592. The number of ether oxygens (including phenoxy) is 1. The Labute approximate surface area is 243 Å². The molecule has 0 radical (unpaired) electrons. The molecule has 41 heavy (non-hydrogen) atoms. The Morgan fingerprint density at radius 2 is 1.66 bits per heavy atom. The number of morpholine rings is 1. The summed E-state index contributed by atoms with van der Waals surface area (Å²) in [5.41, 5.74) is 3.97. The first-order valence-corrected chi connectivity index (χ1v) is 15.0. The summed E-state index contributed by atoms with van der Waals surface area (Å²) in [6.45, 7) is 15.5. The Hall–Kier alpha value is -3.32. The molecule has 4 heterocycles. The minimum Gasteiger partial charge on any atom is -0.373 e. The van der Waals surface area contributed by atoms with Crippen LogP contribution in [-0.4, -0.2) is 74.8 Å². The standard InChI is InChI=1S/C32H43N7O2/c1-7-27-20-39(31-30-29(36(6)32(40)35-31)14-13-26(15-33)34-30)28(8-2)19-38(27)23(5)25-11-9-24(10-12-25)18-37-16-21(3)41-22(4)17-37/h9-14,21-23,27-28H,7-8,16-20H2,1-6H3/t21?,22?,23?,27-,28?/m1/s1. The average Bonchev–Trinajstić information content (AvgIpc) is 2.97. The van der Waals surface area contributed by atoms with Crippen LogP contribution < -0.4 is 10.6 Å². The van der Waals surface area contributed by atoms with Gasteiger partial charge in [0.15, 0.2) is 5.82 Å². The number of aromatic nitrogens is 3. The Bertz CT molecular complexity index is 1450. The molecule has 2 aliphatic heterocycles. The molecule has 0 saturated carbocycles. The summed E-state index contributed by atoms with van der Waals surface area (Å²) in [7, 11) is 1.70. The van der Waals surface area contributed by atoms with E-state index in [1.54, 1.807) is 19.2 Å². The van der Waals surface area contributed by atoms with Gasteiger partial charge in [0.2, 0.25) is 0 Å². The minimum absolute atomic E-state index is 0.167. The number of piperazine rings is 1. The van der Waals surface area contributed by atoms with Crippen LogP contribution in [0.15, 0.2) is 41.2 Å². The van der Waals surface area contributed by atoms with Gasteiger partial charge < -0.3 is 9.64 Å². The van der Waals surface area contributed by atoms with Crippen LogP contribution in [0.4, 0.5) is 5.82 Å². The first kappa shape index (κ1) is 29.2. The second kappa shape index (κ2) is 12.3. The van der Waals surface area contributed by atoms with E-state index in [0.717, 1.165) is 45.6 Å². The number of fused-ring (bicyclic) bond motifs is 1. The van der Waals surface area contributed by atoms with Crippen LogP contribution in [0.5, 0.6) is 0 Å². The summed E-state index contributed by atoms with van der Waals surface area (Å²) >= 11 is 0. The largest absolute Gasteiger partial charge is 0.373 e. The van der Waals surface area contributed by atoms with Gasteiger partial charge in [0.05, 0.1) is 17.7 Å². The Balaban J connectivity index is 1.37. The molecule has 0 N–H and O–H groups in total. The number of nitrogens with zero attached hydrogens (tertiary/aromatic N) is 7. The van der Waals surface area contributed by atoms with Gasteiger partial charge in [-0.15, -0.1) is 0 Å². The molecular formula is C32H43N7O2.